The van der Waals surface area contributed by atoms with E-state index in [9.17, 15) is 0 Å². The molecule has 15 heavy (non-hydrogen) atoms. The number of nitrogens with one attached hydrogen (secondary N) is 2. The molecule has 1 saturated heterocycles. The molecule has 0 spiro atoms. The van der Waals surface area contributed by atoms with Crippen molar-refractivity contribution in [2.45, 2.75) is 25.8 Å². The van der Waals surface area contributed by atoms with Gasteiger partial charge in [0.25, 0.3) is 0 Å². The molecule has 0 aromatic heterocycles. The molecule has 1 aliphatic heterocycles. The normalized spacial score (nSPS) is 20.5. The summed E-state index contributed by atoms with van der Waals surface area (Å²) in [6.07, 6.45) is 2.62. The Morgan fingerprint density at radius 2 is 2.40 bits per heavy atom. The first-order chi connectivity index (χ1) is 7.27. The number of para-hydroxylation sites is 1. The molecule has 0 saturated carbocycles. The highest BCUT2D eigenvalue weighted by Crippen LogP contribution is 2.22. The van der Waals surface area contributed by atoms with Gasteiger partial charge in [0, 0.05) is 16.2 Å². The number of hydrogen-bond acceptors (Lipinski definition) is 2. The van der Waals surface area contributed by atoms with Crippen molar-refractivity contribution in [1.29, 1.82) is 0 Å². The standard InChI is InChI=1S/C12H17IN2/c1-9-4-2-6-11(13)12(9)15-8-10-5-3-7-14-10/h2,4,6,10,14-15H,3,5,7-8H2,1H3/t10-/m0/s1. The van der Waals surface area contributed by atoms with Crippen molar-refractivity contribution in [3.8, 4) is 0 Å². The molecular formula is C12H17IN2. The molecule has 0 radical (unpaired) electrons. The Morgan fingerprint density at radius 1 is 1.53 bits per heavy atom. The smallest absolute Gasteiger partial charge is 0.0506 e. The van der Waals surface area contributed by atoms with Gasteiger partial charge in [-0.05, 0) is 60.5 Å². The molecule has 2 N–H and O–H groups in total. The molecule has 1 aliphatic rings. The highest BCUT2D eigenvalue weighted by Gasteiger charge is 2.14. The lowest BCUT2D eigenvalue weighted by atomic mass is 10.2. The van der Waals surface area contributed by atoms with Gasteiger partial charge in [0.2, 0.25) is 0 Å². The summed E-state index contributed by atoms with van der Waals surface area (Å²) in [7, 11) is 0. The van der Waals surface area contributed by atoms with Crippen LogP contribution in [0.4, 0.5) is 5.69 Å². The fourth-order valence-corrected chi connectivity index (χ4v) is 2.84. The lowest BCUT2D eigenvalue weighted by Crippen LogP contribution is -2.29. The zero-order valence-corrected chi connectivity index (χ0v) is 11.2. The molecule has 1 aromatic carbocycles. The topological polar surface area (TPSA) is 24.1 Å². The highest BCUT2D eigenvalue weighted by atomic mass is 127. The van der Waals surface area contributed by atoms with Crippen molar-refractivity contribution in [3.05, 3.63) is 27.3 Å². The van der Waals surface area contributed by atoms with Crippen LogP contribution in [0.2, 0.25) is 0 Å². The number of aryl methyl sites for hydroxylation is 1. The molecule has 1 fully saturated rings. The highest BCUT2D eigenvalue weighted by molar-refractivity contribution is 14.1. The van der Waals surface area contributed by atoms with E-state index >= 15 is 0 Å². The molecule has 3 heteroatoms. The lowest BCUT2D eigenvalue weighted by Gasteiger charge is -2.15. The van der Waals surface area contributed by atoms with Gasteiger partial charge in [0.1, 0.15) is 0 Å². The fourth-order valence-electron chi connectivity index (χ4n) is 2.01. The van der Waals surface area contributed by atoms with Crippen LogP contribution in [0.15, 0.2) is 18.2 Å². The second-order valence-corrected chi connectivity index (χ2v) is 5.27. The summed E-state index contributed by atoms with van der Waals surface area (Å²) in [6, 6.07) is 7.07. The third-order valence-corrected chi connectivity index (χ3v) is 3.81. The fraction of sp³-hybridized carbons (Fsp3) is 0.500. The van der Waals surface area contributed by atoms with Gasteiger partial charge in [-0.25, -0.2) is 0 Å². The second kappa shape index (κ2) is 5.16. The van der Waals surface area contributed by atoms with Crippen molar-refractivity contribution in [2.75, 3.05) is 18.4 Å². The van der Waals surface area contributed by atoms with Gasteiger partial charge < -0.3 is 10.6 Å². The monoisotopic (exact) mass is 316 g/mol. The number of rotatable bonds is 3. The van der Waals surface area contributed by atoms with Crippen molar-refractivity contribution >= 4 is 28.3 Å². The number of benzene rings is 1. The minimum absolute atomic E-state index is 0.653. The number of anilines is 1. The van der Waals surface area contributed by atoms with Crippen LogP contribution < -0.4 is 10.6 Å². The first-order valence-corrected chi connectivity index (χ1v) is 6.57. The molecule has 1 aromatic rings. The van der Waals surface area contributed by atoms with Crippen LogP contribution in [0.3, 0.4) is 0 Å². The van der Waals surface area contributed by atoms with E-state index in [2.05, 4.69) is 58.3 Å². The summed E-state index contributed by atoms with van der Waals surface area (Å²) < 4.78 is 1.31. The maximum atomic E-state index is 3.55. The molecule has 2 nitrogen and oxygen atoms in total. The van der Waals surface area contributed by atoms with E-state index < -0.39 is 0 Å². The summed E-state index contributed by atoms with van der Waals surface area (Å²) >= 11 is 2.39. The van der Waals surface area contributed by atoms with Gasteiger partial charge >= 0.3 is 0 Å². The molecule has 0 aliphatic carbocycles. The van der Waals surface area contributed by atoms with Gasteiger partial charge in [-0.1, -0.05) is 12.1 Å². The van der Waals surface area contributed by atoms with Crippen LogP contribution in [0.5, 0.6) is 0 Å². The average molecular weight is 316 g/mol. The van der Waals surface area contributed by atoms with Gasteiger partial charge in [-0.2, -0.15) is 0 Å². The molecule has 82 valence electrons. The summed E-state index contributed by atoms with van der Waals surface area (Å²) in [5.74, 6) is 0. The third kappa shape index (κ3) is 2.84. The SMILES string of the molecule is Cc1cccc(I)c1NC[C@@H]1CCCN1. The van der Waals surface area contributed by atoms with Crippen LogP contribution in [0.25, 0.3) is 0 Å². The van der Waals surface area contributed by atoms with E-state index in [4.69, 9.17) is 0 Å². The predicted octanol–water partition coefficient (Wildman–Crippen LogP) is 2.76. The van der Waals surface area contributed by atoms with E-state index in [1.54, 1.807) is 0 Å². The van der Waals surface area contributed by atoms with Crippen molar-refractivity contribution in [2.24, 2.45) is 0 Å². The number of hydrogen-bond donors (Lipinski definition) is 2. The van der Waals surface area contributed by atoms with Crippen LogP contribution >= 0.6 is 22.6 Å². The predicted molar refractivity (Wildman–Crippen MR) is 73.4 cm³/mol. The summed E-state index contributed by atoms with van der Waals surface area (Å²) in [4.78, 5) is 0. The minimum atomic E-state index is 0.653. The number of halogens is 1. The summed E-state index contributed by atoms with van der Waals surface area (Å²) in [5.41, 5.74) is 2.63. The van der Waals surface area contributed by atoms with Gasteiger partial charge in [0.15, 0.2) is 0 Å². The lowest BCUT2D eigenvalue weighted by molar-refractivity contribution is 0.633. The Hall–Kier alpha value is -0.290. The first-order valence-electron chi connectivity index (χ1n) is 5.50. The van der Waals surface area contributed by atoms with E-state index in [0.717, 1.165) is 6.54 Å². The first kappa shape index (κ1) is 11.2. The maximum Gasteiger partial charge on any atom is 0.0506 e. The molecule has 2 rings (SSSR count). The Kier molecular flexibility index (Phi) is 3.86. The molecule has 0 unspecified atom stereocenters. The molecule has 1 atom stereocenters. The Labute approximate surface area is 105 Å². The minimum Gasteiger partial charge on any atom is -0.382 e. The van der Waals surface area contributed by atoms with Crippen LogP contribution in [-0.2, 0) is 0 Å². The van der Waals surface area contributed by atoms with Crippen LogP contribution in [0, 0.1) is 10.5 Å². The maximum absolute atomic E-state index is 3.55. The van der Waals surface area contributed by atoms with E-state index in [0.29, 0.717) is 6.04 Å². The van der Waals surface area contributed by atoms with Crippen LogP contribution in [0.1, 0.15) is 18.4 Å². The van der Waals surface area contributed by atoms with Gasteiger partial charge in [0.05, 0.1) is 5.69 Å². The Bertz CT molecular complexity index is 312. The Morgan fingerprint density at radius 3 is 3.07 bits per heavy atom. The zero-order valence-electron chi connectivity index (χ0n) is 9.02. The molecule has 1 heterocycles. The molecule has 0 bridgehead atoms. The van der Waals surface area contributed by atoms with Crippen molar-refractivity contribution < 1.29 is 0 Å². The van der Waals surface area contributed by atoms with E-state index in [1.807, 2.05) is 0 Å². The van der Waals surface area contributed by atoms with Gasteiger partial charge in [-0.3, -0.25) is 0 Å². The molecular weight excluding hydrogens is 299 g/mol. The summed E-state index contributed by atoms with van der Waals surface area (Å²) in [6.45, 7) is 4.38. The summed E-state index contributed by atoms with van der Waals surface area (Å²) in [5, 5.41) is 7.05. The zero-order chi connectivity index (χ0) is 10.7. The second-order valence-electron chi connectivity index (χ2n) is 4.11. The average Bonchev–Trinajstić information content (AvgIpc) is 2.70. The van der Waals surface area contributed by atoms with Gasteiger partial charge in [-0.15, -0.1) is 0 Å². The van der Waals surface area contributed by atoms with E-state index in [1.165, 1.54) is 34.2 Å². The third-order valence-electron chi connectivity index (χ3n) is 2.91. The van der Waals surface area contributed by atoms with E-state index in [-0.39, 0.29) is 0 Å². The largest absolute Gasteiger partial charge is 0.382 e. The van der Waals surface area contributed by atoms with Crippen LogP contribution in [-0.4, -0.2) is 19.1 Å². The molecule has 0 amide bonds. The van der Waals surface area contributed by atoms with Crippen molar-refractivity contribution in [3.63, 3.8) is 0 Å². The Balaban J connectivity index is 1.97. The quantitative estimate of drug-likeness (QED) is 0.838. The van der Waals surface area contributed by atoms with Crippen molar-refractivity contribution in [1.82, 2.24) is 5.32 Å².